The molecule has 1 atom stereocenters. The van der Waals surface area contributed by atoms with Gasteiger partial charge in [-0.25, -0.2) is 0 Å². The molecule has 1 fully saturated rings. The van der Waals surface area contributed by atoms with E-state index in [-0.39, 0.29) is 17.8 Å². The van der Waals surface area contributed by atoms with Crippen molar-refractivity contribution in [2.75, 3.05) is 27.4 Å². The van der Waals surface area contributed by atoms with E-state index in [0.717, 1.165) is 5.56 Å². The lowest BCUT2D eigenvalue weighted by Gasteiger charge is -2.20. The van der Waals surface area contributed by atoms with Crippen molar-refractivity contribution >= 4 is 0 Å². The van der Waals surface area contributed by atoms with Gasteiger partial charge in [0.15, 0.2) is 17.8 Å². The number of aryl methyl sites for hydroxylation is 1. The molecule has 2 aromatic rings. The lowest BCUT2D eigenvalue weighted by Crippen LogP contribution is -2.05. The number of phenols is 1. The van der Waals surface area contributed by atoms with Gasteiger partial charge in [-0.15, -0.1) is 0 Å². The summed E-state index contributed by atoms with van der Waals surface area (Å²) in [7, 11) is 2.94. The topological polar surface area (TPSA) is 77.4 Å². The molecule has 0 aliphatic carbocycles. The maximum Gasteiger partial charge on any atom is 0.203 e. The van der Waals surface area contributed by atoms with Crippen LogP contribution in [0.2, 0.25) is 0 Å². The molecular formula is C19H22O6. The molecule has 134 valence electrons. The number of hydrogen-bond acceptors (Lipinski definition) is 6. The van der Waals surface area contributed by atoms with Gasteiger partial charge in [0, 0.05) is 11.1 Å². The molecule has 0 bridgehead atoms. The number of hydrogen-bond donors (Lipinski definition) is 2. The molecule has 1 aliphatic heterocycles. The first kappa shape index (κ1) is 17.5. The summed E-state index contributed by atoms with van der Waals surface area (Å²) in [6.45, 7) is 2.95. The van der Waals surface area contributed by atoms with Crippen molar-refractivity contribution in [3.05, 3.63) is 52.6 Å². The summed E-state index contributed by atoms with van der Waals surface area (Å²) in [6.07, 6.45) is -1.36. The highest BCUT2D eigenvalue weighted by Gasteiger charge is 2.24. The monoisotopic (exact) mass is 346 g/mol. The smallest absolute Gasteiger partial charge is 0.203 e. The summed E-state index contributed by atoms with van der Waals surface area (Å²) in [6, 6.07) is 9.01. The van der Waals surface area contributed by atoms with Gasteiger partial charge in [-0.3, -0.25) is 0 Å². The van der Waals surface area contributed by atoms with Gasteiger partial charge in [0.1, 0.15) is 6.10 Å². The SMILES string of the molecule is COc1cc(C)c(C(O)c2ccc(C3OCCO3)cc2)c(O)c1OC. The fourth-order valence-electron chi connectivity index (χ4n) is 3.01. The zero-order valence-corrected chi connectivity index (χ0v) is 14.5. The number of aliphatic hydroxyl groups excluding tert-OH is 1. The predicted octanol–water partition coefficient (Wildman–Crippen LogP) is 2.84. The van der Waals surface area contributed by atoms with E-state index in [1.165, 1.54) is 14.2 Å². The van der Waals surface area contributed by atoms with Crippen molar-refractivity contribution in [2.45, 2.75) is 19.3 Å². The standard InChI is InChI=1S/C19H22O6/c1-11-10-14(22-2)18(23-3)17(21)15(11)16(20)12-4-6-13(7-5-12)19-24-8-9-25-19/h4-7,10,16,19-21H,8-9H2,1-3H3. The van der Waals surface area contributed by atoms with Crippen LogP contribution in [-0.4, -0.2) is 37.6 Å². The normalized spacial score (nSPS) is 16.0. The third kappa shape index (κ3) is 3.28. The third-order valence-electron chi connectivity index (χ3n) is 4.31. The molecule has 1 unspecified atom stereocenters. The van der Waals surface area contributed by atoms with Crippen LogP contribution in [0.15, 0.2) is 30.3 Å². The van der Waals surface area contributed by atoms with E-state index >= 15 is 0 Å². The molecule has 3 rings (SSSR count). The average Bonchev–Trinajstić information content (AvgIpc) is 3.16. The number of aromatic hydroxyl groups is 1. The summed E-state index contributed by atoms with van der Waals surface area (Å²) in [5.74, 6) is 0.490. The van der Waals surface area contributed by atoms with E-state index < -0.39 is 6.10 Å². The highest BCUT2D eigenvalue weighted by Crippen LogP contribution is 2.44. The van der Waals surface area contributed by atoms with E-state index in [1.807, 2.05) is 12.1 Å². The quantitative estimate of drug-likeness (QED) is 0.867. The van der Waals surface area contributed by atoms with E-state index in [2.05, 4.69) is 0 Å². The average molecular weight is 346 g/mol. The van der Waals surface area contributed by atoms with Gasteiger partial charge in [-0.05, 0) is 24.1 Å². The molecule has 25 heavy (non-hydrogen) atoms. The van der Waals surface area contributed by atoms with Crippen LogP contribution in [0.3, 0.4) is 0 Å². The van der Waals surface area contributed by atoms with Crippen molar-refractivity contribution in [1.82, 2.24) is 0 Å². The molecule has 0 spiro atoms. The lowest BCUT2D eigenvalue weighted by molar-refractivity contribution is -0.0441. The Hall–Kier alpha value is -2.28. The van der Waals surface area contributed by atoms with Gasteiger partial charge in [0.25, 0.3) is 0 Å². The fraction of sp³-hybridized carbons (Fsp3) is 0.368. The Bertz CT molecular complexity index is 735. The minimum atomic E-state index is -1.00. The highest BCUT2D eigenvalue weighted by atomic mass is 16.7. The van der Waals surface area contributed by atoms with Crippen LogP contribution >= 0.6 is 0 Å². The second-order valence-corrected chi connectivity index (χ2v) is 5.83. The molecule has 0 aromatic heterocycles. The van der Waals surface area contributed by atoms with Crippen LogP contribution < -0.4 is 9.47 Å². The number of rotatable bonds is 5. The molecule has 1 saturated heterocycles. The van der Waals surface area contributed by atoms with Crippen molar-refractivity contribution < 1.29 is 29.2 Å². The van der Waals surface area contributed by atoms with Crippen molar-refractivity contribution in [1.29, 1.82) is 0 Å². The molecule has 0 amide bonds. The maximum atomic E-state index is 10.8. The van der Waals surface area contributed by atoms with Gasteiger partial charge in [-0.2, -0.15) is 0 Å². The maximum absolute atomic E-state index is 10.8. The summed E-state index contributed by atoms with van der Waals surface area (Å²) >= 11 is 0. The zero-order valence-electron chi connectivity index (χ0n) is 14.5. The molecule has 2 aromatic carbocycles. The Balaban J connectivity index is 1.93. The molecule has 2 N–H and O–H groups in total. The van der Waals surface area contributed by atoms with Gasteiger partial charge in [0.05, 0.1) is 27.4 Å². The minimum Gasteiger partial charge on any atom is -0.504 e. The number of benzene rings is 2. The first-order valence-corrected chi connectivity index (χ1v) is 8.02. The van der Waals surface area contributed by atoms with Gasteiger partial charge in [-0.1, -0.05) is 24.3 Å². The van der Waals surface area contributed by atoms with E-state index in [0.29, 0.717) is 35.7 Å². The van der Waals surface area contributed by atoms with Crippen molar-refractivity contribution in [2.24, 2.45) is 0 Å². The van der Waals surface area contributed by atoms with Crippen molar-refractivity contribution in [3.8, 4) is 17.2 Å². The Morgan fingerprint density at radius 3 is 2.28 bits per heavy atom. The highest BCUT2D eigenvalue weighted by molar-refractivity contribution is 5.60. The lowest BCUT2D eigenvalue weighted by atomic mass is 9.95. The van der Waals surface area contributed by atoms with Gasteiger partial charge < -0.3 is 29.2 Å². The van der Waals surface area contributed by atoms with E-state index in [9.17, 15) is 10.2 Å². The largest absolute Gasteiger partial charge is 0.504 e. The zero-order chi connectivity index (χ0) is 18.0. The fourth-order valence-corrected chi connectivity index (χ4v) is 3.01. The van der Waals surface area contributed by atoms with Crippen molar-refractivity contribution in [3.63, 3.8) is 0 Å². The first-order chi connectivity index (χ1) is 12.1. The summed E-state index contributed by atoms with van der Waals surface area (Å²) in [5.41, 5.74) is 2.63. The van der Waals surface area contributed by atoms with Crippen LogP contribution in [0.5, 0.6) is 17.2 Å². The number of aliphatic hydroxyl groups is 1. The summed E-state index contributed by atoms with van der Waals surface area (Å²) in [5, 5.41) is 21.3. The second-order valence-electron chi connectivity index (χ2n) is 5.83. The second kappa shape index (κ2) is 7.31. The van der Waals surface area contributed by atoms with Crippen LogP contribution in [0.4, 0.5) is 0 Å². The first-order valence-electron chi connectivity index (χ1n) is 8.02. The number of phenolic OH excluding ortho intramolecular Hbond substituents is 1. The molecule has 6 heteroatoms. The molecule has 0 radical (unpaired) electrons. The number of methoxy groups -OCH3 is 2. The van der Waals surface area contributed by atoms with Crippen LogP contribution in [-0.2, 0) is 9.47 Å². The third-order valence-corrected chi connectivity index (χ3v) is 4.31. The molecule has 0 saturated carbocycles. The van der Waals surface area contributed by atoms with E-state index in [4.69, 9.17) is 18.9 Å². The van der Waals surface area contributed by atoms with Crippen LogP contribution in [0.1, 0.15) is 34.6 Å². The Morgan fingerprint density at radius 2 is 1.72 bits per heavy atom. The van der Waals surface area contributed by atoms with Crippen LogP contribution in [0.25, 0.3) is 0 Å². The Kier molecular flexibility index (Phi) is 5.13. The van der Waals surface area contributed by atoms with E-state index in [1.54, 1.807) is 25.1 Å². The molecule has 1 heterocycles. The number of ether oxygens (including phenoxy) is 4. The predicted molar refractivity (Wildman–Crippen MR) is 91.1 cm³/mol. The minimum absolute atomic E-state index is 0.126. The van der Waals surface area contributed by atoms with Crippen LogP contribution in [0, 0.1) is 6.92 Å². The Labute approximate surface area is 146 Å². The summed E-state index contributed by atoms with van der Waals surface area (Å²) in [4.78, 5) is 0. The van der Waals surface area contributed by atoms with Gasteiger partial charge in [0.2, 0.25) is 5.75 Å². The molecular weight excluding hydrogens is 324 g/mol. The molecule has 1 aliphatic rings. The Morgan fingerprint density at radius 1 is 1.08 bits per heavy atom. The summed E-state index contributed by atoms with van der Waals surface area (Å²) < 4.78 is 21.4. The van der Waals surface area contributed by atoms with Gasteiger partial charge >= 0.3 is 0 Å². The molecule has 6 nitrogen and oxygen atoms in total.